The number of likely N-dealkylation sites (tertiary alicyclic amines) is 1. The third-order valence-corrected chi connectivity index (χ3v) is 9.18. The number of urea groups is 1. The fraction of sp³-hybridized carbons (Fsp3) is 0.500. The van der Waals surface area contributed by atoms with E-state index in [-0.39, 0.29) is 18.0 Å². The van der Waals surface area contributed by atoms with Crippen molar-refractivity contribution in [1.29, 1.82) is 0 Å². The number of carbonyl (C=O) groups is 1. The van der Waals surface area contributed by atoms with Crippen LogP contribution in [0.4, 0.5) is 4.79 Å². The Hall–Kier alpha value is -2.04. The zero-order valence-corrected chi connectivity index (χ0v) is 23.8. The molecule has 4 rings (SSSR count). The average molecular weight is 570 g/mol. The molecule has 2 fully saturated rings. The molecule has 0 bridgehead atoms. The molecule has 2 amide bonds. The standard InChI is InChI=1S/C26H34Cl2N4O4S/c1-4-36-21-8-5-19(6-9-21)16-29(2)25-18-31(17-22(25)20-7-10-23(27)24(28)15-20)26(33)30-11-13-32(14-12-30)37(3,34)35/h5-10,15,22,25H,4,11-14,16-18H2,1-3H3. The lowest BCUT2D eigenvalue weighted by Gasteiger charge is -2.35. The zero-order chi connectivity index (χ0) is 26.7. The minimum Gasteiger partial charge on any atom is -0.494 e. The number of carbonyl (C=O) groups excluding carboxylic acids is 1. The Bertz CT molecular complexity index is 1200. The van der Waals surface area contributed by atoms with Gasteiger partial charge in [-0.2, -0.15) is 4.31 Å². The summed E-state index contributed by atoms with van der Waals surface area (Å²) in [5.74, 6) is 0.889. The number of amides is 2. The molecule has 0 aliphatic carbocycles. The number of halogens is 2. The third-order valence-electron chi connectivity index (χ3n) is 7.14. The van der Waals surface area contributed by atoms with Gasteiger partial charge in [0.2, 0.25) is 10.0 Å². The highest BCUT2D eigenvalue weighted by Gasteiger charge is 2.40. The molecule has 2 aromatic rings. The molecule has 0 saturated carbocycles. The van der Waals surface area contributed by atoms with Crippen LogP contribution in [0.1, 0.15) is 24.0 Å². The van der Waals surface area contributed by atoms with Crippen molar-refractivity contribution >= 4 is 39.3 Å². The number of piperazine rings is 1. The summed E-state index contributed by atoms with van der Waals surface area (Å²) in [6.07, 6.45) is 1.21. The predicted molar refractivity (Wildman–Crippen MR) is 147 cm³/mol. The van der Waals surface area contributed by atoms with Crippen molar-refractivity contribution in [3.8, 4) is 5.75 Å². The maximum Gasteiger partial charge on any atom is 0.320 e. The number of hydrogen-bond donors (Lipinski definition) is 0. The van der Waals surface area contributed by atoms with Gasteiger partial charge in [-0.1, -0.05) is 41.4 Å². The minimum absolute atomic E-state index is 0.0451. The molecule has 8 nitrogen and oxygen atoms in total. The van der Waals surface area contributed by atoms with Crippen LogP contribution in [0, 0.1) is 0 Å². The zero-order valence-electron chi connectivity index (χ0n) is 21.4. The van der Waals surface area contributed by atoms with E-state index in [9.17, 15) is 13.2 Å². The van der Waals surface area contributed by atoms with Gasteiger partial charge in [0.1, 0.15) is 5.75 Å². The maximum absolute atomic E-state index is 13.5. The van der Waals surface area contributed by atoms with Gasteiger partial charge in [0.25, 0.3) is 0 Å². The second-order valence-electron chi connectivity index (χ2n) is 9.68. The molecule has 2 saturated heterocycles. The minimum atomic E-state index is -3.26. The van der Waals surface area contributed by atoms with E-state index in [1.165, 1.54) is 10.6 Å². The second kappa shape index (κ2) is 11.8. The van der Waals surface area contributed by atoms with Crippen molar-refractivity contribution in [2.45, 2.75) is 25.4 Å². The Balaban J connectivity index is 1.51. The van der Waals surface area contributed by atoms with Gasteiger partial charge in [-0.05, 0) is 49.4 Å². The summed E-state index contributed by atoms with van der Waals surface area (Å²) >= 11 is 12.5. The van der Waals surface area contributed by atoms with E-state index >= 15 is 0 Å². The van der Waals surface area contributed by atoms with Gasteiger partial charge in [0, 0.05) is 57.8 Å². The number of rotatable bonds is 7. The average Bonchev–Trinajstić information content (AvgIpc) is 3.32. The van der Waals surface area contributed by atoms with Crippen molar-refractivity contribution in [1.82, 2.24) is 19.0 Å². The molecule has 0 spiro atoms. The van der Waals surface area contributed by atoms with Crippen molar-refractivity contribution in [3.63, 3.8) is 0 Å². The lowest BCUT2D eigenvalue weighted by Crippen LogP contribution is -2.53. The fourth-order valence-corrected chi connectivity index (χ4v) is 6.27. The molecule has 0 N–H and O–H groups in total. The third kappa shape index (κ3) is 6.70. The van der Waals surface area contributed by atoms with Gasteiger partial charge in [-0.15, -0.1) is 0 Å². The van der Waals surface area contributed by atoms with E-state index in [2.05, 4.69) is 24.1 Å². The lowest BCUT2D eigenvalue weighted by atomic mass is 9.93. The van der Waals surface area contributed by atoms with Crippen LogP contribution in [-0.4, -0.2) is 98.7 Å². The molecular formula is C26H34Cl2N4O4S. The first-order chi connectivity index (χ1) is 17.6. The van der Waals surface area contributed by atoms with Crippen molar-refractivity contribution in [2.75, 3.05) is 59.2 Å². The maximum atomic E-state index is 13.5. The SMILES string of the molecule is CCOc1ccc(CN(C)C2CN(C(=O)N3CCN(S(C)(=O)=O)CC3)CC2c2ccc(Cl)c(Cl)c2)cc1. The Morgan fingerprint density at radius 1 is 1.00 bits per heavy atom. The smallest absolute Gasteiger partial charge is 0.320 e. The van der Waals surface area contributed by atoms with Crippen LogP contribution in [0.15, 0.2) is 42.5 Å². The summed E-state index contributed by atoms with van der Waals surface area (Å²) in [6.45, 7) is 5.79. The summed E-state index contributed by atoms with van der Waals surface area (Å²) in [7, 11) is -1.18. The molecule has 0 aromatic heterocycles. The van der Waals surface area contributed by atoms with Gasteiger partial charge in [-0.3, -0.25) is 4.90 Å². The number of likely N-dealkylation sites (N-methyl/N-ethyl adjacent to an activating group) is 1. The Labute approximate surface area is 229 Å². The largest absolute Gasteiger partial charge is 0.494 e. The lowest BCUT2D eigenvalue weighted by molar-refractivity contribution is 0.138. The van der Waals surface area contributed by atoms with E-state index in [1.54, 1.807) is 11.0 Å². The first-order valence-electron chi connectivity index (χ1n) is 12.4. The number of hydrogen-bond acceptors (Lipinski definition) is 5. The monoisotopic (exact) mass is 568 g/mol. The van der Waals surface area contributed by atoms with Crippen LogP contribution in [0.2, 0.25) is 10.0 Å². The molecule has 37 heavy (non-hydrogen) atoms. The molecule has 0 radical (unpaired) electrons. The Kier molecular flexibility index (Phi) is 8.91. The van der Waals surface area contributed by atoms with Crippen molar-refractivity contribution < 1.29 is 17.9 Å². The molecule has 2 aliphatic rings. The van der Waals surface area contributed by atoms with Crippen LogP contribution >= 0.6 is 23.2 Å². The molecule has 2 aromatic carbocycles. The number of ether oxygens (including phenoxy) is 1. The first kappa shape index (κ1) is 28.0. The molecule has 2 heterocycles. The molecule has 11 heteroatoms. The van der Waals surface area contributed by atoms with E-state index < -0.39 is 10.0 Å². The van der Waals surface area contributed by atoms with Gasteiger partial charge in [-0.25, -0.2) is 13.2 Å². The number of sulfonamides is 1. The van der Waals surface area contributed by atoms with E-state index in [1.807, 2.05) is 36.1 Å². The number of benzene rings is 2. The fourth-order valence-electron chi connectivity index (χ4n) is 5.13. The summed E-state index contributed by atoms with van der Waals surface area (Å²) in [5, 5.41) is 0.994. The van der Waals surface area contributed by atoms with Crippen LogP contribution in [0.3, 0.4) is 0 Å². The van der Waals surface area contributed by atoms with Gasteiger partial charge < -0.3 is 14.5 Å². The summed E-state index contributed by atoms with van der Waals surface area (Å²) in [6, 6.07) is 13.8. The Morgan fingerprint density at radius 3 is 2.27 bits per heavy atom. The predicted octanol–water partition coefficient (Wildman–Crippen LogP) is 3.99. The topological polar surface area (TPSA) is 73.4 Å². The number of nitrogens with zero attached hydrogens (tertiary/aromatic N) is 4. The van der Waals surface area contributed by atoms with Crippen LogP contribution in [0.5, 0.6) is 5.75 Å². The summed E-state index contributed by atoms with van der Waals surface area (Å²) in [5.41, 5.74) is 2.19. The normalized spacial score (nSPS) is 21.0. The molecular weight excluding hydrogens is 535 g/mol. The van der Waals surface area contributed by atoms with E-state index in [0.717, 1.165) is 16.9 Å². The highest BCUT2D eigenvalue weighted by Crippen LogP contribution is 2.35. The van der Waals surface area contributed by atoms with Gasteiger partial charge in [0.15, 0.2) is 0 Å². The summed E-state index contributed by atoms with van der Waals surface area (Å²) in [4.78, 5) is 19.4. The van der Waals surface area contributed by atoms with Crippen molar-refractivity contribution in [3.05, 3.63) is 63.6 Å². The molecule has 2 aliphatic heterocycles. The second-order valence-corrected chi connectivity index (χ2v) is 12.5. The molecule has 2 atom stereocenters. The Morgan fingerprint density at radius 2 is 1.68 bits per heavy atom. The quantitative estimate of drug-likeness (QED) is 0.505. The van der Waals surface area contributed by atoms with Gasteiger partial charge in [0.05, 0.1) is 22.9 Å². The van der Waals surface area contributed by atoms with Crippen LogP contribution < -0.4 is 4.74 Å². The highest BCUT2D eigenvalue weighted by atomic mass is 35.5. The van der Waals surface area contributed by atoms with E-state index in [4.69, 9.17) is 27.9 Å². The van der Waals surface area contributed by atoms with E-state index in [0.29, 0.717) is 62.5 Å². The molecule has 202 valence electrons. The van der Waals surface area contributed by atoms with Crippen LogP contribution in [-0.2, 0) is 16.6 Å². The molecule has 2 unspecified atom stereocenters. The first-order valence-corrected chi connectivity index (χ1v) is 15.0. The van der Waals surface area contributed by atoms with Crippen LogP contribution in [0.25, 0.3) is 0 Å². The van der Waals surface area contributed by atoms with Gasteiger partial charge >= 0.3 is 6.03 Å². The highest BCUT2D eigenvalue weighted by molar-refractivity contribution is 7.88. The van der Waals surface area contributed by atoms with Crippen molar-refractivity contribution in [2.24, 2.45) is 0 Å². The summed E-state index contributed by atoms with van der Waals surface area (Å²) < 4.78 is 30.7.